The van der Waals surface area contributed by atoms with Gasteiger partial charge < -0.3 is 9.15 Å². The molecule has 0 bridgehead atoms. The highest BCUT2D eigenvalue weighted by Gasteiger charge is 2.14. The Morgan fingerprint density at radius 1 is 1.00 bits per heavy atom. The summed E-state index contributed by atoms with van der Waals surface area (Å²) in [5.74, 6) is -0.411. The van der Waals surface area contributed by atoms with Gasteiger partial charge in [-0.15, -0.1) is 0 Å². The van der Waals surface area contributed by atoms with Crippen LogP contribution in [-0.2, 0) is 4.74 Å². The SMILES string of the molecule is CCCCCCCCCOC(=O)c1ccc(C(C)=O)o1. The van der Waals surface area contributed by atoms with Crippen LogP contribution in [0, 0.1) is 0 Å². The molecule has 0 aliphatic rings. The molecule has 0 spiro atoms. The van der Waals surface area contributed by atoms with Crippen molar-refractivity contribution in [1.82, 2.24) is 0 Å². The van der Waals surface area contributed by atoms with Crippen LogP contribution in [0.1, 0.15) is 79.9 Å². The fourth-order valence-corrected chi connectivity index (χ4v) is 1.93. The van der Waals surface area contributed by atoms with Gasteiger partial charge in [0.05, 0.1) is 6.61 Å². The van der Waals surface area contributed by atoms with E-state index in [-0.39, 0.29) is 17.3 Å². The molecule has 1 rings (SSSR count). The third kappa shape index (κ3) is 6.04. The highest BCUT2D eigenvalue weighted by molar-refractivity contribution is 5.93. The summed E-state index contributed by atoms with van der Waals surface area (Å²) >= 11 is 0. The molecule has 20 heavy (non-hydrogen) atoms. The molecule has 1 heterocycles. The molecule has 0 amide bonds. The van der Waals surface area contributed by atoms with Crippen molar-refractivity contribution in [2.24, 2.45) is 0 Å². The van der Waals surface area contributed by atoms with E-state index in [2.05, 4.69) is 6.92 Å². The number of furan rings is 1. The quantitative estimate of drug-likeness (QED) is 0.362. The first-order valence-corrected chi connectivity index (χ1v) is 7.43. The second-order valence-electron chi connectivity index (χ2n) is 4.98. The van der Waals surface area contributed by atoms with Crippen LogP contribution in [0.4, 0.5) is 0 Å². The van der Waals surface area contributed by atoms with Crippen LogP contribution in [0.5, 0.6) is 0 Å². The van der Waals surface area contributed by atoms with Gasteiger partial charge in [0, 0.05) is 6.92 Å². The van der Waals surface area contributed by atoms with Crippen LogP contribution in [0.2, 0.25) is 0 Å². The van der Waals surface area contributed by atoms with E-state index in [4.69, 9.17) is 9.15 Å². The summed E-state index contributed by atoms with van der Waals surface area (Å²) in [6.45, 7) is 4.00. The number of Topliss-reactive ketones (excluding diaryl/α,β-unsaturated/α-hetero) is 1. The number of hydrogen-bond acceptors (Lipinski definition) is 4. The van der Waals surface area contributed by atoms with Gasteiger partial charge in [-0.2, -0.15) is 0 Å². The number of carbonyl (C=O) groups is 2. The van der Waals surface area contributed by atoms with Crippen molar-refractivity contribution >= 4 is 11.8 Å². The first kappa shape index (κ1) is 16.5. The minimum atomic E-state index is -0.497. The lowest BCUT2D eigenvalue weighted by molar-refractivity contribution is 0.0460. The average Bonchev–Trinajstić information content (AvgIpc) is 2.91. The zero-order valence-electron chi connectivity index (χ0n) is 12.4. The summed E-state index contributed by atoms with van der Waals surface area (Å²) in [6.07, 6.45) is 8.23. The fraction of sp³-hybridized carbons (Fsp3) is 0.625. The Kier molecular flexibility index (Phi) is 7.70. The third-order valence-corrected chi connectivity index (χ3v) is 3.14. The number of esters is 1. The van der Waals surface area contributed by atoms with Gasteiger partial charge >= 0.3 is 5.97 Å². The van der Waals surface area contributed by atoms with E-state index in [9.17, 15) is 9.59 Å². The van der Waals surface area contributed by atoms with E-state index in [1.165, 1.54) is 51.2 Å². The largest absolute Gasteiger partial charge is 0.460 e. The summed E-state index contributed by atoms with van der Waals surface area (Å²) in [5, 5.41) is 0. The lowest BCUT2D eigenvalue weighted by atomic mass is 10.1. The second-order valence-corrected chi connectivity index (χ2v) is 4.98. The van der Waals surface area contributed by atoms with Gasteiger partial charge in [-0.25, -0.2) is 4.79 Å². The summed E-state index contributed by atoms with van der Waals surface area (Å²) in [6, 6.07) is 2.97. The number of rotatable bonds is 10. The molecule has 1 aromatic heterocycles. The Hall–Kier alpha value is -1.58. The highest BCUT2D eigenvalue weighted by atomic mass is 16.5. The van der Waals surface area contributed by atoms with Crippen LogP contribution in [-0.4, -0.2) is 18.4 Å². The number of ketones is 1. The fourth-order valence-electron chi connectivity index (χ4n) is 1.93. The molecule has 1 aromatic rings. The molecule has 0 aromatic carbocycles. The molecule has 0 saturated carbocycles. The topological polar surface area (TPSA) is 56.5 Å². The molecule has 0 fully saturated rings. The van der Waals surface area contributed by atoms with Crippen LogP contribution >= 0.6 is 0 Å². The van der Waals surface area contributed by atoms with Crippen molar-refractivity contribution in [3.05, 3.63) is 23.7 Å². The Bertz CT molecular complexity index is 420. The van der Waals surface area contributed by atoms with Gasteiger partial charge in [0.25, 0.3) is 0 Å². The van der Waals surface area contributed by atoms with Crippen molar-refractivity contribution in [2.45, 2.75) is 58.8 Å². The van der Waals surface area contributed by atoms with E-state index >= 15 is 0 Å². The molecule has 112 valence electrons. The summed E-state index contributed by atoms with van der Waals surface area (Å²) < 4.78 is 10.2. The summed E-state index contributed by atoms with van der Waals surface area (Å²) in [4.78, 5) is 22.7. The first-order chi connectivity index (χ1) is 9.65. The monoisotopic (exact) mass is 280 g/mol. The van der Waals surface area contributed by atoms with E-state index < -0.39 is 5.97 Å². The van der Waals surface area contributed by atoms with E-state index in [1.54, 1.807) is 0 Å². The van der Waals surface area contributed by atoms with Gasteiger partial charge in [0.1, 0.15) is 0 Å². The number of unbranched alkanes of at least 4 members (excludes halogenated alkanes) is 6. The van der Waals surface area contributed by atoms with Gasteiger partial charge in [-0.3, -0.25) is 4.79 Å². The lowest BCUT2D eigenvalue weighted by Crippen LogP contribution is -2.05. The average molecular weight is 280 g/mol. The number of ether oxygens (including phenoxy) is 1. The van der Waals surface area contributed by atoms with Gasteiger partial charge in [-0.05, 0) is 18.6 Å². The zero-order chi connectivity index (χ0) is 14.8. The standard InChI is InChI=1S/C16H24O4/c1-3-4-5-6-7-8-9-12-19-16(18)15-11-10-14(20-15)13(2)17/h10-11H,3-9,12H2,1-2H3. The smallest absolute Gasteiger partial charge is 0.374 e. The molecule has 0 radical (unpaired) electrons. The Morgan fingerprint density at radius 2 is 1.60 bits per heavy atom. The molecular formula is C16H24O4. The molecule has 0 atom stereocenters. The second kappa shape index (κ2) is 9.34. The molecule has 4 nitrogen and oxygen atoms in total. The molecular weight excluding hydrogens is 256 g/mol. The maximum absolute atomic E-state index is 11.6. The van der Waals surface area contributed by atoms with Gasteiger partial charge in [-0.1, -0.05) is 45.4 Å². The van der Waals surface area contributed by atoms with E-state index in [0.29, 0.717) is 6.61 Å². The molecule has 0 unspecified atom stereocenters. The predicted molar refractivity (Wildman–Crippen MR) is 77.0 cm³/mol. The van der Waals surface area contributed by atoms with Crippen LogP contribution in [0.15, 0.2) is 16.5 Å². The molecule has 0 saturated heterocycles. The van der Waals surface area contributed by atoms with Crippen LogP contribution < -0.4 is 0 Å². The Labute approximate surface area is 120 Å². The summed E-state index contributed by atoms with van der Waals surface area (Å²) in [5.41, 5.74) is 0. The predicted octanol–water partition coefficient (Wildman–Crippen LogP) is 4.39. The number of hydrogen-bond donors (Lipinski definition) is 0. The minimum Gasteiger partial charge on any atom is -0.460 e. The van der Waals surface area contributed by atoms with Crippen molar-refractivity contribution in [2.75, 3.05) is 6.61 Å². The van der Waals surface area contributed by atoms with Crippen LogP contribution in [0.3, 0.4) is 0 Å². The van der Waals surface area contributed by atoms with Crippen molar-refractivity contribution in [3.63, 3.8) is 0 Å². The molecule has 0 aliphatic heterocycles. The maximum atomic E-state index is 11.6. The van der Waals surface area contributed by atoms with E-state index in [1.807, 2.05) is 0 Å². The minimum absolute atomic E-state index is 0.0955. The Balaban J connectivity index is 2.12. The van der Waals surface area contributed by atoms with Gasteiger partial charge in [0.15, 0.2) is 11.5 Å². The van der Waals surface area contributed by atoms with Gasteiger partial charge in [0.2, 0.25) is 5.76 Å². The van der Waals surface area contributed by atoms with Crippen molar-refractivity contribution in [1.29, 1.82) is 0 Å². The van der Waals surface area contributed by atoms with Crippen molar-refractivity contribution < 1.29 is 18.7 Å². The maximum Gasteiger partial charge on any atom is 0.374 e. The van der Waals surface area contributed by atoms with E-state index in [0.717, 1.165) is 12.8 Å². The van der Waals surface area contributed by atoms with Crippen molar-refractivity contribution in [3.8, 4) is 0 Å². The molecule has 4 heteroatoms. The third-order valence-electron chi connectivity index (χ3n) is 3.14. The Morgan fingerprint density at radius 3 is 2.20 bits per heavy atom. The number of carbonyl (C=O) groups excluding carboxylic acids is 2. The highest BCUT2D eigenvalue weighted by Crippen LogP contribution is 2.11. The summed E-state index contributed by atoms with van der Waals surface area (Å²) in [7, 11) is 0. The molecule has 0 aliphatic carbocycles. The normalized spacial score (nSPS) is 10.5. The molecule has 0 N–H and O–H groups in total. The van der Waals surface area contributed by atoms with Crippen LogP contribution in [0.25, 0.3) is 0 Å². The zero-order valence-corrected chi connectivity index (χ0v) is 12.4. The first-order valence-electron chi connectivity index (χ1n) is 7.43. The lowest BCUT2D eigenvalue weighted by Gasteiger charge is -2.03.